The Hall–Kier alpha value is -1.29. The summed E-state index contributed by atoms with van der Waals surface area (Å²) in [5, 5.41) is 3.06. The second-order valence-corrected chi connectivity index (χ2v) is 4.55. The highest BCUT2D eigenvalue weighted by molar-refractivity contribution is 5.78. The van der Waals surface area contributed by atoms with Gasteiger partial charge in [0.25, 0.3) is 0 Å². The van der Waals surface area contributed by atoms with Crippen molar-refractivity contribution >= 4 is 5.91 Å². The van der Waals surface area contributed by atoms with Crippen LogP contribution in [0.3, 0.4) is 0 Å². The van der Waals surface area contributed by atoms with Gasteiger partial charge in [0.15, 0.2) is 0 Å². The number of H-pyrrole nitrogens is 1. The molecule has 0 spiro atoms. The smallest absolute Gasteiger partial charge is 0.226 e. The zero-order valence-electron chi connectivity index (χ0n) is 9.41. The van der Waals surface area contributed by atoms with Gasteiger partial charge in [-0.15, -0.1) is 0 Å². The van der Waals surface area contributed by atoms with Crippen LogP contribution in [0.25, 0.3) is 0 Å². The van der Waals surface area contributed by atoms with Gasteiger partial charge in [0.2, 0.25) is 5.91 Å². The summed E-state index contributed by atoms with van der Waals surface area (Å²) in [4.78, 5) is 14.7. The van der Waals surface area contributed by atoms with Crippen molar-refractivity contribution in [3.63, 3.8) is 0 Å². The molecule has 0 aliphatic heterocycles. The molecular weight excluding hydrogens is 202 g/mol. The van der Waals surface area contributed by atoms with E-state index in [2.05, 4.69) is 10.3 Å². The minimum absolute atomic E-state index is 0.0999. The molecule has 1 saturated carbocycles. The first kappa shape index (κ1) is 11.2. The van der Waals surface area contributed by atoms with E-state index in [1.165, 1.54) is 0 Å². The van der Waals surface area contributed by atoms with Crippen molar-refractivity contribution in [1.82, 2.24) is 10.3 Å². The number of rotatable bonds is 3. The summed E-state index contributed by atoms with van der Waals surface area (Å²) in [6.45, 7) is 0. The molecule has 4 heteroatoms. The number of carbonyl (C=O) groups is 1. The third-order valence-electron chi connectivity index (χ3n) is 3.15. The Kier molecular flexibility index (Phi) is 3.62. The summed E-state index contributed by atoms with van der Waals surface area (Å²) >= 11 is 0. The van der Waals surface area contributed by atoms with Crippen molar-refractivity contribution in [1.29, 1.82) is 0 Å². The van der Waals surface area contributed by atoms with Gasteiger partial charge in [0.05, 0.1) is 6.42 Å². The fourth-order valence-corrected chi connectivity index (χ4v) is 2.19. The number of aromatic nitrogens is 1. The molecule has 88 valence electrons. The molecule has 0 saturated heterocycles. The molecule has 4 N–H and O–H groups in total. The van der Waals surface area contributed by atoms with Crippen molar-refractivity contribution in [2.45, 2.75) is 44.2 Å². The first-order chi connectivity index (χ1) is 7.74. The van der Waals surface area contributed by atoms with Crippen molar-refractivity contribution in [2.24, 2.45) is 5.73 Å². The molecule has 4 nitrogen and oxygen atoms in total. The maximum atomic E-state index is 11.7. The molecule has 0 unspecified atom stereocenters. The highest BCUT2D eigenvalue weighted by Crippen LogP contribution is 2.16. The Labute approximate surface area is 95.6 Å². The van der Waals surface area contributed by atoms with Gasteiger partial charge >= 0.3 is 0 Å². The Morgan fingerprint density at radius 2 is 2.19 bits per heavy atom. The number of aromatic amines is 1. The molecule has 1 fully saturated rings. The normalized spacial score (nSPS) is 25.3. The van der Waals surface area contributed by atoms with E-state index < -0.39 is 0 Å². The van der Waals surface area contributed by atoms with E-state index in [-0.39, 0.29) is 5.91 Å². The van der Waals surface area contributed by atoms with E-state index in [4.69, 9.17) is 5.73 Å². The lowest BCUT2D eigenvalue weighted by molar-refractivity contribution is -0.121. The van der Waals surface area contributed by atoms with Crippen molar-refractivity contribution in [3.8, 4) is 0 Å². The Balaban J connectivity index is 1.75. The number of hydrogen-bond acceptors (Lipinski definition) is 2. The Morgan fingerprint density at radius 3 is 2.81 bits per heavy atom. The third kappa shape index (κ3) is 3.10. The van der Waals surface area contributed by atoms with Crippen LogP contribution in [0.5, 0.6) is 0 Å². The fourth-order valence-electron chi connectivity index (χ4n) is 2.19. The zero-order valence-corrected chi connectivity index (χ0v) is 9.41. The van der Waals surface area contributed by atoms with Crippen molar-refractivity contribution in [3.05, 3.63) is 24.0 Å². The largest absolute Gasteiger partial charge is 0.365 e. The summed E-state index contributed by atoms with van der Waals surface area (Å²) in [6, 6.07) is 4.48. The fraction of sp³-hybridized carbons (Fsp3) is 0.583. The highest BCUT2D eigenvalue weighted by atomic mass is 16.1. The third-order valence-corrected chi connectivity index (χ3v) is 3.15. The van der Waals surface area contributed by atoms with Gasteiger partial charge in [-0.1, -0.05) is 0 Å². The van der Waals surface area contributed by atoms with E-state index in [0.717, 1.165) is 31.4 Å². The number of amides is 1. The monoisotopic (exact) mass is 221 g/mol. The zero-order chi connectivity index (χ0) is 11.4. The Morgan fingerprint density at radius 1 is 1.44 bits per heavy atom. The quantitative estimate of drug-likeness (QED) is 0.711. The molecule has 1 heterocycles. The average molecular weight is 221 g/mol. The van der Waals surface area contributed by atoms with Gasteiger partial charge in [-0.25, -0.2) is 0 Å². The lowest BCUT2D eigenvalue weighted by Crippen LogP contribution is -2.41. The number of nitrogens with two attached hydrogens (primary N) is 1. The standard InChI is InChI=1S/C12H19N3O/c13-9-3-5-10(6-4-9)15-12(16)8-11-2-1-7-14-11/h1-2,7,9-10,14H,3-6,8,13H2,(H,15,16). The lowest BCUT2D eigenvalue weighted by Gasteiger charge is -2.26. The SMILES string of the molecule is NC1CCC(NC(=O)Cc2ccc[nH]2)CC1. The van der Waals surface area contributed by atoms with Gasteiger partial charge in [0.1, 0.15) is 0 Å². The predicted octanol–water partition coefficient (Wildman–Crippen LogP) is 0.943. The summed E-state index contributed by atoms with van der Waals surface area (Å²) < 4.78 is 0. The number of hydrogen-bond donors (Lipinski definition) is 3. The van der Waals surface area contributed by atoms with Crippen LogP contribution in [0, 0.1) is 0 Å². The van der Waals surface area contributed by atoms with Gasteiger partial charge < -0.3 is 16.0 Å². The number of carbonyl (C=O) groups excluding carboxylic acids is 1. The van der Waals surface area contributed by atoms with Crippen LogP contribution in [0.1, 0.15) is 31.4 Å². The maximum Gasteiger partial charge on any atom is 0.226 e. The van der Waals surface area contributed by atoms with Gasteiger partial charge in [-0.05, 0) is 37.8 Å². The first-order valence-electron chi connectivity index (χ1n) is 5.91. The molecule has 1 aromatic heterocycles. The van der Waals surface area contributed by atoms with E-state index in [0.29, 0.717) is 18.5 Å². The molecule has 1 aliphatic carbocycles. The molecule has 0 radical (unpaired) electrons. The molecule has 0 aromatic carbocycles. The molecule has 16 heavy (non-hydrogen) atoms. The highest BCUT2D eigenvalue weighted by Gasteiger charge is 2.19. The topological polar surface area (TPSA) is 70.9 Å². The van der Waals surface area contributed by atoms with Crippen LogP contribution in [-0.4, -0.2) is 23.0 Å². The Bertz CT molecular complexity index is 326. The van der Waals surface area contributed by atoms with E-state index in [1.54, 1.807) is 0 Å². The van der Waals surface area contributed by atoms with Gasteiger partial charge in [0, 0.05) is 24.0 Å². The van der Waals surface area contributed by atoms with Crippen LogP contribution in [0.2, 0.25) is 0 Å². The second kappa shape index (κ2) is 5.16. The maximum absolute atomic E-state index is 11.7. The van der Waals surface area contributed by atoms with E-state index in [9.17, 15) is 4.79 Å². The minimum atomic E-state index is 0.0999. The van der Waals surface area contributed by atoms with Crippen molar-refractivity contribution < 1.29 is 4.79 Å². The average Bonchev–Trinajstić information content (AvgIpc) is 2.74. The van der Waals surface area contributed by atoms with Crippen LogP contribution < -0.4 is 11.1 Å². The summed E-state index contributed by atoms with van der Waals surface area (Å²) in [5.74, 6) is 0.0999. The van der Waals surface area contributed by atoms with Crippen molar-refractivity contribution in [2.75, 3.05) is 0 Å². The summed E-state index contributed by atoms with van der Waals surface area (Å²) in [6.07, 6.45) is 6.34. The number of nitrogens with one attached hydrogen (secondary N) is 2. The lowest BCUT2D eigenvalue weighted by atomic mass is 9.92. The second-order valence-electron chi connectivity index (χ2n) is 4.55. The van der Waals surface area contributed by atoms with Gasteiger partial charge in [-0.3, -0.25) is 4.79 Å². The molecule has 2 rings (SSSR count). The summed E-state index contributed by atoms with van der Waals surface area (Å²) in [7, 11) is 0. The first-order valence-corrected chi connectivity index (χ1v) is 5.91. The molecule has 1 amide bonds. The van der Waals surface area contributed by atoms with Crippen LogP contribution >= 0.6 is 0 Å². The van der Waals surface area contributed by atoms with Crippen LogP contribution in [0.15, 0.2) is 18.3 Å². The molecular formula is C12H19N3O. The van der Waals surface area contributed by atoms with Crippen LogP contribution in [0.4, 0.5) is 0 Å². The van der Waals surface area contributed by atoms with E-state index >= 15 is 0 Å². The molecule has 1 aromatic rings. The summed E-state index contributed by atoms with van der Waals surface area (Å²) in [5.41, 5.74) is 6.78. The minimum Gasteiger partial charge on any atom is -0.365 e. The van der Waals surface area contributed by atoms with E-state index in [1.807, 2.05) is 18.3 Å². The van der Waals surface area contributed by atoms with Gasteiger partial charge in [-0.2, -0.15) is 0 Å². The predicted molar refractivity (Wildman–Crippen MR) is 62.9 cm³/mol. The molecule has 1 aliphatic rings. The molecule has 0 bridgehead atoms. The molecule has 0 atom stereocenters. The van der Waals surface area contributed by atoms with Crippen LogP contribution in [-0.2, 0) is 11.2 Å².